The smallest absolute Gasteiger partial charge is 0.193 e. The van der Waals surface area contributed by atoms with Crippen LogP contribution in [0, 0.1) is 19.7 Å². The van der Waals surface area contributed by atoms with Gasteiger partial charge in [0.25, 0.3) is 0 Å². The van der Waals surface area contributed by atoms with Crippen LogP contribution in [0.15, 0.2) is 33.8 Å². The van der Waals surface area contributed by atoms with Gasteiger partial charge in [-0.1, -0.05) is 24.2 Å². The summed E-state index contributed by atoms with van der Waals surface area (Å²) in [5.74, 6) is 1.68. The molecule has 0 aliphatic heterocycles. The van der Waals surface area contributed by atoms with Crippen LogP contribution >= 0.6 is 24.0 Å². The van der Waals surface area contributed by atoms with Crippen LogP contribution in [0.1, 0.15) is 42.3 Å². The number of guanidine groups is 1. The van der Waals surface area contributed by atoms with Gasteiger partial charge in [0, 0.05) is 38.2 Å². The third kappa shape index (κ3) is 5.96. The highest BCUT2D eigenvalue weighted by molar-refractivity contribution is 14.0. The molecule has 144 valence electrons. The van der Waals surface area contributed by atoms with Gasteiger partial charge in [-0.05, 0) is 38.5 Å². The molecule has 0 aliphatic carbocycles. The summed E-state index contributed by atoms with van der Waals surface area (Å²) in [6.07, 6.45) is 0. The summed E-state index contributed by atoms with van der Waals surface area (Å²) in [7, 11) is 1.98. The molecule has 1 unspecified atom stereocenters. The van der Waals surface area contributed by atoms with Gasteiger partial charge in [0.15, 0.2) is 5.96 Å². The average molecular weight is 474 g/mol. The van der Waals surface area contributed by atoms with Crippen molar-refractivity contribution in [3.05, 3.63) is 52.7 Å². The van der Waals surface area contributed by atoms with Crippen molar-refractivity contribution in [2.75, 3.05) is 20.1 Å². The van der Waals surface area contributed by atoms with Crippen molar-refractivity contribution in [2.24, 2.45) is 4.99 Å². The van der Waals surface area contributed by atoms with Crippen molar-refractivity contribution in [2.45, 2.75) is 40.2 Å². The van der Waals surface area contributed by atoms with Gasteiger partial charge in [-0.25, -0.2) is 4.39 Å². The third-order valence-corrected chi connectivity index (χ3v) is 4.13. The van der Waals surface area contributed by atoms with Gasteiger partial charge < -0.3 is 14.7 Å². The van der Waals surface area contributed by atoms with Crippen molar-refractivity contribution in [3.63, 3.8) is 0 Å². The van der Waals surface area contributed by atoms with E-state index in [-0.39, 0.29) is 35.7 Å². The van der Waals surface area contributed by atoms with E-state index in [1.807, 2.05) is 32.7 Å². The first-order chi connectivity index (χ1) is 11.9. The third-order valence-electron chi connectivity index (χ3n) is 4.13. The summed E-state index contributed by atoms with van der Waals surface area (Å²) >= 11 is 0. The Hall–Kier alpha value is -1.64. The maximum absolute atomic E-state index is 13.1. The minimum atomic E-state index is -0.222. The summed E-state index contributed by atoms with van der Waals surface area (Å²) in [6.45, 7) is 10.1. The first-order valence-electron chi connectivity index (χ1n) is 8.59. The number of halogens is 2. The standard InChI is InChI=1S/C19H27FN4O.HI/c1-6-21-19(24(5)12-16-7-9-17(20)10-8-16)22-11-13(2)18-14(3)23-25-15(18)4;/h7-10,13H,6,11-12H2,1-5H3,(H,21,22);1H. The maximum atomic E-state index is 13.1. The van der Waals surface area contributed by atoms with Crippen LogP contribution in [0.5, 0.6) is 0 Å². The van der Waals surface area contributed by atoms with Gasteiger partial charge in [0.05, 0.1) is 5.69 Å². The summed E-state index contributed by atoms with van der Waals surface area (Å²) < 4.78 is 18.3. The number of aliphatic imine (C=N–C) groups is 1. The maximum Gasteiger partial charge on any atom is 0.193 e. The highest BCUT2D eigenvalue weighted by atomic mass is 127. The molecule has 0 amide bonds. The zero-order valence-electron chi connectivity index (χ0n) is 16.0. The summed E-state index contributed by atoms with van der Waals surface area (Å²) in [5, 5.41) is 7.33. The fraction of sp³-hybridized carbons (Fsp3) is 0.474. The first-order valence-corrected chi connectivity index (χ1v) is 8.59. The van der Waals surface area contributed by atoms with Crippen molar-refractivity contribution in [1.82, 2.24) is 15.4 Å². The number of nitrogens with zero attached hydrogens (tertiary/aromatic N) is 3. The number of benzene rings is 1. The predicted octanol–water partition coefficient (Wildman–Crippen LogP) is 4.25. The van der Waals surface area contributed by atoms with E-state index < -0.39 is 0 Å². The molecule has 2 aromatic rings. The van der Waals surface area contributed by atoms with Crippen molar-refractivity contribution >= 4 is 29.9 Å². The van der Waals surface area contributed by atoms with Gasteiger partial charge in [-0.2, -0.15) is 0 Å². The van der Waals surface area contributed by atoms with E-state index in [0.29, 0.717) is 13.1 Å². The zero-order valence-corrected chi connectivity index (χ0v) is 18.4. The van der Waals surface area contributed by atoms with E-state index in [1.54, 1.807) is 12.1 Å². The molecule has 0 spiro atoms. The fourth-order valence-corrected chi connectivity index (χ4v) is 2.92. The number of rotatable bonds is 6. The second-order valence-electron chi connectivity index (χ2n) is 6.32. The minimum Gasteiger partial charge on any atom is -0.361 e. The molecule has 0 fully saturated rings. The van der Waals surface area contributed by atoms with Gasteiger partial charge in [-0.3, -0.25) is 4.99 Å². The van der Waals surface area contributed by atoms with Crippen LogP contribution in [0.2, 0.25) is 0 Å². The topological polar surface area (TPSA) is 53.7 Å². The summed E-state index contributed by atoms with van der Waals surface area (Å²) in [4.78, 5) is 6.79. The Bertz CT molecular complexity index is 695. The molecule has 0 saturated heterocycles. The van der Waals surface area contributed by atoms with Crippen molar-refractivity contribution in [3.8, 4) is 0 Å². The Labute approximate surface area is 172 Å². The van der Waals surface area contributed by atoms with Crippen molar-refractivity contribution in [1.29, 1.82) is 0 Å². The van der Waals surface area contributed by atoms with E-state index in [9.17, 15) is 4.39 Å². The molecule has 5 nitrogen and oxygen atoms in total. The molecule has 7 heteroatoms. The van der Waals surface area contributed by atoms with Gasteiger partial charge in [-0.15, -0.1) is 24.0 Å². The monoisotopic (exact) mass is 474 g/mol. The molecule has 2 rings (SSSR count). The van der Waals surface area contributed by atoms with Crippen LogP contribution in [0.4, 0.5) is 4.39 Å². The van der Waals surface area contributed by atoms with Crippen LogP contribution in [-0.4, -0.2) is 36.2 Å². The highest BCUT2D eigenvalue weighted by Crippen LogP contribution is 2.23. The quantitative estimate of drug-likeness (QED) is 0.387. The molecule has 1 atom stereocenters. The number of aromatic nitrogens is 1. The number of aryl methyl sites for hydroxylation is 2. The lowest BCUT2D eigenvalue weighted by Crippen LogP contribution is -2.38. The normalized spacial score (nSPS) is 12.5. The largest absolute Gasteiger partial charge is 0.361 e. The SMILES string of the molecule is CCNC(=NCC(C)c1c(C)noc1C)N(C)Cc1ccc(F)cc1.I. The molecule has 0 bridgehead atoms. The van der Waals surface area contributed by atoms with E-state index in [1.165, 1.54) is 12.1 Å². The van der Waals surface area contributed by atoms with Gasteiger partial charge in [0.1, 0.15) is 11.6 Å². The molecule has 26 heavy (non-hydrogen) atoms. The molecule has 0 radical (unpaired) electrons. The zero-order chi connectivity index (χ0) is 18.4. The Balaban J connectivity index is 0.00000338. The summed E-state index contributed by atoms with van der Waals surface area (Å²) in [5.41, 5.74) is 3.08. The van der Waals surface area contributed by atoms with E-state index >= 15 is 0 Å². The second-order valence-corrected chi connectivity index (χ2v) is 6.32. The molecule has 1 heterocycles. The fourth-order valence-electron chi connectivity index (χ4n) is 2.92. The minimum absolute atomic E-state index is 0. The molecule has 0 saturated carbocycles. The van der Waals surface area contributed by atoms with E-state index in [2.05, 4.69) is 17.4 Å². The average Bonchev–Trinajstić information content (AvgIpc) is 2.92. The van der Waals surface area contributed by atoms with Gasteiger partial charge in [0.2, 0.25) is 0 Å². The first kappa shape index (κ1) is 22.4. The Kier molecular flexibility index (Phi) is 9.04. The van der Waals surface area contributed by atoms with E-state index in [4.69, 9.17) is 9.52 Å². The highest BCUT2D eigenvalue weighted by Gasteiger charge is 2.16. The van der Waals surface area contributed by atoms with Crippen molar-refractivity contribution < 1.29 is 8.91 Å². The second kappa shape index (κ2) is 10.5. The molecule has 0 aliphatic rings. The van der Waals surface area contributed by atoms with Gasteiger partial charge >= 0.3 is 0 Å². The lowest BCUT2D eigenvalue weighted by Gasteiger charge is -2.23. The summed E-state index contributed by atoms with van der Waals surface area (Å²) in [6, 6.07) is 6.54. The van der Waals surface area contributed by atoms with Crippen LogP contribution in [0.25, 0.3) is 0 Å². The Morgan fingerprint density at radius 1 is 1.31 bits per heavy atom. The molecule has 1 aromatic heterocycles. The Morgan fingerprint density at radius 2 is 1.96 bits per heavy atom. The number of hydrogen-bond acceptors (Lipinski definition) is 3. The van der Waals surface area contributed by atoms with Crippen LogP contribution in [0.3, 0.4) is 0 Å². The Morgan fingerprint density at radius 3 is 2.50 bits per heavy atom. The number of nitrogens with one attached hydrogen (secondary N) is 1. The predicted molar refractivity (Wildman–Crippen MR) is 114 cm³/mol. The van der Waals surface area contributed by atoms with E-state index in [0.717, 1.165) is 35.1 Å². The van der Waals surface area contributed by atoms with Crippen LogP contribution in [-0.2, 0) is 6.54 Å². The lowest BCUT2D eigenvalue weighted by molar-refractivity contribution is 0.391. The molecule has 1 aromatic carbocycles. The van der Waals surface area contributed by atoms with Crippen LogP contribution < -0.4 is 5.32 Å². The molecular formula is C19H28FIN4O. The molecular weight excluding hydrogens is 446 g/mol. The molecule has 1 N–H and O–H groups in total. The lowest BCUT2D eigenvalue weighted by atomic mass is 10.00. The number of hydrogen-bond donors (Lipinski definition) is 1.